The fourth-order valence-electron chi connectivity index (χ4n) is 0.886. The van der Waals surface area contributed by atoms with Crippen molar-refractivity contribution in [2.75, 3.05) is 20.3 Å². The summed E-state index contributed by atoms with van der Waals surface area (Å²) in [6.07, 6.45) is 2.85. The number of nitrogens with zero attached hydrogens (tertiary/aromatic N) is 1. The first-order valence-corrected chi connectivity index (χ1v) is 4.98. The van der Waals surface area contributed by atoms with Gasteiger partial charge in [0.05, 0.1) is 6.61 Å². The van der Waals surface area contributed by atoms with Gasteiger partial charge < -0.3 is 19.4 Å². The average Bonchev–Trinajstić information content (AvgIpc) is 3.01. The number of hydrogen-bond donors (Lipinski definition) is 1. The van der Waals surface area contributed by atoms with Crippen LogP contribution in [0.3, 0.4) is 0 Å². The molecule has 0 unspecified atom stereocenters. The van der Waals surface area contributed by atoms with Gasteiger partial charge in [0.2, 0.25) is 0 Å². The monoisotopic (exact) mass is 215 g/mol. The van der Waals surface area contributed by atoms with Crippen molar-refractivity contribution in [1.29, 1.82) is 0 Å². The van der Waals surface area contributed by atoms with E-state index in [0.717, 1.165) is 12.8 Å². The average molecular weight is 215 g/mol. The van der Waals surface area contributed by atoms with Crippen LogP contribution >= 0.6 is 0 Å². The maximum Gasteiger partial charge on any atom is 0.292 e. The highest BCUT2D eigenvalue weighted by Gasteiger charge is 2.26. The Morgan fingerprint density at radius 2 is 2.27 bits per heavy atom. The van der Waals surface area contributed by atoms with Gasteiger partial charge in [-0.15, -0.1) is 0 Å². The van der Waals surface area contributed by atoms with Crippen LogP contribution in [0.25, 0.3) is 0 Å². The van der Waals surface area contributed by atoms with E-state index in [9.17, 15) is 0 Å². The third-order valence-electron chi connectivity index (χ3n) is 1.79. The first-order chi connectivity index (χ1) is 7.27. The van der Waals surface area contributed by atoms with Gasteiger partial charge in [-0.25, -0.2) is 0 Å². The number of ether oxygens (including phenoxy) is 2. The Kier molecular flexibility index (Phi) is 4.97. The molecule has 1 N–H and O–H groups in total. The number of hydrogen-bond acceptors (Lipinski definition) is 5. The summed E-state index contributed by atoms with van der Waals surface area (Å²) in [5.41, 5.74) is 0. The van der Waals surface area contributed by atoms with Gasteiger partial charge in [-0.1, -0.05) is 6.58 Å². The van der Waals surface area contributed by atoms with Gasteiger partial charge in [0.15, 0.2) is 5.76 Å². The summed E-state index contributed by atoms with van der Waals surface area (Å²) in [6.45, 7) is 4.17. The molecule has 1 aliphatic carbocycles. The second-order valence-electron chi connectivity index (χ2n) is 3.25. The Hall–Kier alpha value is -1.23. The van der Waals surface area contributed by atoms with Gasteiger partial charge in [0.25, 0.3) is 5.90 Å². The van der Waals surface area contributed by atoms with Gasteiger partial charge in [0.1, 0.15) is 13.2 Å². The Morgan fingerprint density at radius 3 is 2.80 bits per heavy atom. The fraction of sp³-hybridized carbons (Fsp3) is 0.700. The molecule has 5 nitrogen and oxygen atoms in total. The predicted octanol–water partition coefficient (Wildman–Crippen LogP) is 1.04. The number of aliphatic hydroxyl groups excluding tert-OH is 1. The molecule has 0 spiro atoms. The molecule has 0 bridgehead atoms. The van der Waals surface area contributed by atoms with Crippen molar-refractivity contribution in [3.63, 3.8) is 0 Å². The highest BCUT2D eigenvalue weighted by atomic mass is 16.6. The molecule has 5 heteroatoms. The van der Waals surface area contributed by atoms with E-state index in [2.05, 4.69) is 16.6 Å². The smallest absolute Gasteiger partial charge is 0.292 e. The minimum atomic E-state index is 0.0908. The van der Waals surface area contributed by atoms with E-state index in [1.807, 2.05) is 0 Å². The molecule has 0 aromatic rings. The van der Waals surface area contributed by atoms with Gasteiger partial charge in [-0.3, -0.25) is 0 Å². The predicted molar refractivity (Wildman–Crippen MR) is 55.3 cm³/mol. The maximum atomic E-state index is 8.58. The zero-order valence-corrected chi connectivity index (χ0v) is 8.94. The van der Waals surface area contributed by atoms with Gasteiger partial charge >= 0.3 is 0 Å². The second kappa shape index (κ2) is 6.29. The fourth-order valence-corrected chi connectivity index (χ4v) is 0.886. The minimum absolute atomic E-state index is 0.0908. The quantitative estimate of drug-likeness (QED) is 0.226. The zero-order chi connectivity index (χ0) is 11.1. The molecule has 0 aliphatic heterocycles. The standard InChI is InChI=1S/C10H17NO4/c1-8(14-7-3-6-12)10(11-13-2)15-9-4-5-9/h9,12H,1,3-7H2,2H3/b11-10+. The molecular formula is C10H17NO4. The van der Waals surface area contributed by atoms with Crippen LogP contribution in [-0.4, -0.2) is 37.4 Å². The lowest BCUT2D eigenvalue weighted by molar-refractivity contribution is 0.156. The van der Waals surface area contributed by atoms with Crippen molar-refractivity contribution in [2.24, 2.45) is 5.16 Å². The van der Waals surface area contributed by atoms with Crippen LogP contribution < -0.4 is 0 Å². The Labute approximate surface area is 89.3 Å². The van der Waals surface area contributed by atoms with E-state index in [-0.39, 0.29) is 18.6 Å². The number of rotatable bonds is 7. The summed E-state index contributed by atoms with van der Waals surface area (Å²) in [7, 11) is 1.44. The zero-order valence-electron chi connectivity index (χ0n) is 8.94. The van der Waals surface area contributed by atoms with Crippen molar-refractivity contribution in [2.45, 2.75) is 25.4 Å². The molecule has 0 heterocycles. The molecule has 1 saturated carbocycles. The molecule has 0 amide bonds. The van der Waals surface area contributed by atoms with E-state index < -0.39 is 0 Å². The molecule has 86 valence electrons. The highest BCUT2D eigenvalue weighted by molar-refractivity contribution is 5.90. The minimum Gasteiger partial charge on any atom is -0.488 e. The van der Waals surface area contributed by atoms with Gasteiger partial charge in [0, 0.05) is 13.0 Å². The third kappa shape index (κ3) is 4.69. The van der Waals surface area contributed by atoms with E-state index in [4.69, 9.17) is 14.6 Å². The summed E-state index contributed by atoms with van der Waals surface area (Å²) >= 11 is 0. The lowest BCUT2D eigenvalue weighted by Gasteiger charge is -2.11. The van der Waals surface area contributed by atoms with Crippen LogP contribution in [0.1, 0.15) is 19.3 Å². The number of aliphatic hydroxyl groups is 1. The molecule has 1 rings (SSSR count). The Bertz CT molecular complexity index is 236. The van der Waals surface area contributed by atoms with Gasteiger partial charge in [-0.05, 0) is 18.0 Å². The molecule has 0 aromatic heterocycles. The summed E-state index contributed by atoms with van der Waals surface area (Å²) in [5, 5.41) is 12.3. The molecule has 1 fully saturated rings. The molecule has 1 aliphatic rings. The van der Waals surface area contributed by atoms with Crippen molar-refractivity contribution in [3.05, 3.63) is 12.3 Å². The van der Waals surface area contributed by atoms with Crippen LogP contribution in [0.15, 0.2) is 17.5 Å². The van der Waals surface area contributed by atoms with Crippen LogP contribution in [0.5, 0.6) is 0 Å². The van der Waals surface area contributed by atoms with Crippen molar-refractivity contribution in [3.8, 4) is 0 Å². The summed E-state index contributed by atoms with van der Waals surface area (Å²) in [4.78, 5) is 4.63. The normalized spacial score (nSPS) is 16.0. The topological polar surface area (TPSA) is 60.3 Å². The molecule has 0 aromatic carbocycles. The van der Waals surface area contributed by atoms with E-state index >= 15 is 0 Å². The van der Waals surface area contributed by atoms with E-state index in [0.29, 0.717) is 18.8 Å². The van der Waals surface area contributed by atoms with Gasteiger partial charge in [-0.2, -0.15) is 0 Å². The molecule has 0 radical (unpaired) electrons. The van der Waals surface area contributed by atoms with Crippen LogP contribution in [0.4, 0.5) is 0 Å². The maximum absolute atomic E-state index is 8.58. The van der Waals surface area contributed by atoms with Crippen molar-refractivity contribution in [1.82, 2.24) is 0 Å². The third-order valence-corrected chi connectivity index (χ3v) is 1.79. The van der Waals surface area contributed by atoms with Crippen molar-refractivity contribution >= 4 is 5.90 Å². The van der Waals surface area contributed by atoms with E-state index in [1.54, 1.807) is 0 Å². The molecule has 0 atom stereocenters. The summed E-state index contributed by atoms with van der Waals surface area (Å²) in [5.74, 6) is 0.634. The first-order valence-electron chi connectivity index (χ1n) is 4.98. The largest absolute Gasteiger partial charge is 0.488 e. The Morgan fingerprint density at radius 1 is 1.53 bits per heavy atom. The lowest BCUT2D eigenvalue weighted by atomic mass is 10.5. The summed E-state index contributed by atoms with van der Waals surface area (Å²) < 4.78 is 10.7. The van der Waals surface area contributed by atoms with Crippen molar-refractivity contribution < 1.29 is 19.4 Å². The SMILES string of the molecule is C=C(OCCCO)/C(=N\OC)OC1CC1. The molecule has 15 heavy (non-hydrogen) atoms. The number of oxime groups is 1. The van der Waals surface area contributed by atoms with E-state index in [1.165, 1.54) is 7.11 Å². The van der Waals surface area contributed by atoms with Crippen LogP contribution in [0, 0.1) is 0 Å². The first kappa shape index (κ1) is 11.8. The lowest BCUT2D eigenvalue weighted by Crippen LogP contribution is -2.13. The summed E-state index contributed by atoms with van der Waals surface area (Å²) in [6, 6.07) is 0. The highest BCUT2D eigenvalue weighted by Crippen LogP contribution is 2.25. The van der Waals surface area contributed by atoms with Crippen LogP contribution in [0.2, 0.25) is 0 Å². The molecule has 0 saturated heterocycles. The van der Waals surface area contributed by atoms with Crippen LogP contribution in [-0.2, 0) is 14.3 Å². The molecular weight excluding hydrogens is 198 g/mol. The second-order valence-corrected chi connectivity index (χ2v) is 3.25. The Balaban J connectivity index is 2.32.